The highest BCUT2D eigenvalue weighted by atomic mass is 16.5. The number of hydrogen-bond acceptors (Lipinski definition) is 4. The van der Waals surface area contributed by atoms with E-state index in [9.17, 15) is 14.7 Å². The van der Waals surface area contributed by atoms with E-state index in [2.05, 4.69) is 5.10 Å². The minimum atomic E-state index is -1.47. The number of Topliss-reactive ketones (excluding diaryl/α,β-unsaturated/α-hetero) is 1. The summed E-state index contributed by atoms with van der Waals surface area (Å²) in [4.78, 5) is 23.2. The summed E-state index contributed by atoms with van der Waals surface area (Å²) in [5, 5.41) is 13.4. The Hall–Kier alpha value is -1.69. The maximum atomic E-state index is 11.9. The van der Waals surface area contributed by atoms with Crippen molar-refractivity contribution in [3.63, 3.8) is 0 Å². The second-order valence-electron chi connectivity index (χ2n) is 4.27. The highest BCUT2D eigenvalue weighted by Crippen LogP contribution is 2.29. The Kier molecular flexibility index (Phi) is 2.97. The fourth-order valence-electron chi connectivity index (χ4n) is 2.00. The highest BCUT2D eigenvalue weighted by molar-refractivity contribution is 6.04. The molecule has 0 aromatic carbocycles. The van der Waals surface area contributed by atoms with Gasteiger partial charge in [0, 0.05) is 26.1 Å². The molecule has 0 spiro atoms. The molecule has 1 unspecified atom stereocenters. The van der Waals surface area contributed by atoms with E-state index >= 15 is 0 Å². The summed E-state index contributed by atoms with van der Waals surface area (Å²) in [5.74, 6) is -1.41. The van der Waals surface area contributed by atoms with Crippen molar-refractivity contribution in [3.8, 4) is 0 Å². The first-order valence-electron chi connectivity index (χ1n) is 5.37. The number of carbonyl (C=O) groups is 2. The van der Waals surface area contributed by atoms with Crippen molar-refractivity contribution < 1.29 is 19.4 Å². The van der Waals surface area contributed by atoms with Crippen molar-refractivity contribution in [1.29, 1.82) is 0 Å². The van der Waals surface area contributed by atoms with Gasteiger partial charge in [-0.3, -0.25) is 14.3 Å². The maximum absolute atomic E-state index is 11.9. The number of rotatable bonds is 3. The van der Waals surface area contributed by atoms with Crippen molar-refractivity contribution in [2.75, 3.05) is 13.2 Å². The van der Waals surface area contributed by atoms with Gasteiger partial charge in [-0.25, -0.2) is 0 Å². The van der Waals surface area contributed by atoms with Crippen LogP contribution in [-0.4, -0.2) is 39.9 Å². The number of aliphatic carboxylic acids is 1. The van der Waals surface area contributed by atoms with E-state index in [-0.39, 0.29) is 25.2 Å². The van der Waals surface area contributed by atoms with Gasteiger partial charge < -0.3 is 9.84 Å². The predicted molar refractivity (Wildman–Crippen MR) is 57.4 cm³/mol. The quantitative estimate of drug-likeness (QED) is 0.751. The van der Waals surface area contributed by atoms with E-state index in [1.54, 1.807) is 24.0 Å². The van der Waals surface area contributed by atoms with Gasteiger partial charge in [-0.05, 0) is 6.07 Å². The van der Waals surface area contributed by atoms with Crippen molar-refractivity contribution >= 4 is 11.8 Å². The number of carbonyl (C=O) groups excluding carboxylic acids is 1. The molecule has 0 amide bonds. The molecule has 1 saturated heterocycles. The third-order valence-electron chi connectivity index (χ3n) is 3.02. The summed E-state index contributed by atoms with van der Waals surface area (Å²) in [7, 11) is 1.75. The van der Waals surface area contributed by atoms with Gasteiger partial charge in [0.25, 0.3) is 0 Å². The molecule has 6 nitrogen and oxygen atoms in total. The van der Waals surface area contributed by atoms with Gasteiger partial charge in [-0.2, -0.15) is 5.10 Å². The summed E-state index contributed by atoms with van der Waals surface area (Å²) < 4.78 is 6.74. The Balaban J connectivity index is 2.28. The number of ketones is 1. The molecule has 0 radical (unpaired) electrons. The normalized spacial score (nSPS) is 24.9. The van der Waals surface area contributed by atoms with E-state index in [1.807, 2.05) is 0 Å². The lowest BCUT2D eigenvalue weighted by molar-refractivity contribution is -0.164. The number of carboxylic acid groups (broad SMARTS) is 1. The van der Waals surface area contributed by atoms with Crippen LogP contribution in [0.2, 0.25) is 0 Å². The van der Waals surface area contributed by atoms with Gasteiger partial charge in [-0.1, -0.05) is 0 Å². The van der Waals surface area contributed by atoms with Crippen LogP contribution in [0.4, 0.5) is 0 Å². The van der Waals surface area contributed by atoms with E-state index in [0.717, 1.165) is 0 Å². The van der Waals surface area contributed by atoms with Gasteiger partial charge in [0.15, 0.2) is 11.2 Å². The van der Waals surface area contributed by atoms with Crippen molar-refractivity contribution in [2.24, 2.45) is 12.5 Å². The Morgan fingerprint density at radius 3 is 3.00 bits per heavy atom. The number of hydrogen-bond donors (Lipinski definition) is 1. The van der Waals surface area contributed by atoms with Crippen LogP contribution in [0.15, 0.2) is 12.3 Å². The molecule has 1 fully saturated rings. The molecular weight excluding hydrogens is 224 g/mol. The lowest BCUT2D eigenvalue weighted by Crippen LogP contribution is -2.48. The second-order valence-corrected chi connectivity index (χ2v) is 4.27. The van der Waals surface area contributed by atoms with Crippen LogP contribution >= 0.6 is 0 Å². The zero-order chi connectivity index (χ0) is 12.5. The Morgan fingerprint density at radius 1 is 1.71 bits per heavy atom. The lowest BCUT2D eigenvalue weighted by atomic mass is 9.77. The maximum Gasteiger partial charge on any atom is 0.319 e. The summed E-state index contributed by atoms with van der Waals surface area (Å²) in [6, 6.07) is 1.71. The molecule has 0 saturated carbocycles. The summed E-state index contributed by atoms with van der Waals surface area (Å²) in [6.45, 7) is 0.230. The molecular formula is C11H14N2O4. The van der Waals surface area contributed by atoms with Crippen molar-refractivity contribution in [2.45, 2.75) is 12.8 Å². The second kappa shape index (κ2) is 4.29. The average molecular weight is 238 g/mol. The molecule has 2 heterocycles. The predicted octanol–water partition coefficient (Wildman–Crippen LogP) is 0.0230. The minimum absolute atomic E-state index is 0.0717. The molecule has 0 aliphatic carbocycles. The molecule has 1 N–H and O–H groups in total. The van der Waals surface area contributed by atoms with Crippen LogP contribution in [0.1, 0.15) is 12.1 Å². The largest absolute Gasteiger partial charge is 0.480 e. The Bertz CT molecular complexity index is 454. The molecule has 1 aliphatic heterocycles. The first kappa shape index (κ1) is 11.8. The molecule has 1 aliphatic rings. The van der Waals surface area contributed by atoms with Crippen molar-refractivity contribution in [3.05, 3.63) is 18.0 Å². The van der Waals surface area contributed by atoms with Crippen molar-refractivity contribution in [1.82, 2.24) is 9.78 Å². The van der Waals surface area contributed by atoms with E-state index in [4.69, 9.17) is 4.74 Å². The number of carboxylic acids is 1. The Morgan fingerprint density at radius 2 is 2.47 bits per heavy atom. The van der Waals surface area contributed by atoms with Crippen LogP contribution in [0.25, 0.3) is 0 Å². The van der Waals surface area contributed by atoms with Gasteiger partial charge in [0.2, 0.25) is 0 Å². The highest BCUT2D eigenvalue weighted by Gasteiger charge is 2.48. The smallest absolute Gasteiger partial charge is 0.319 e. The molecule has 0 bridgehead atoms. The number of ether oxygens (including phenoxy) is 1. The van der Waals surface area contributed by atoms with Crippen LogP contribution in [0.3, 0.4) is 0 Å². The molecule has 17 heavy (non-hydrogen) atoms. The topological polar surface area (TPSA) is 81.4 Å². The fraction of sp³-hybridized carbons (Fsp3) is 0.545. The SMILES string of the molecule is Cn1ccc(CC2(C(=O)O)COCCC2=O)n1. The van der Waals surface area contributed by atoms with Gasteiger partial charge in [-0.15, -0.1) is 0 Å². The third-order valence-corrected chi connectivity index (χ3v) is 3.02. The first-order valence-corrected chi connectivity index (χ1v) is 5.37. The number of aromatic nitrogens is 2. The molecule has 92 valence electrons. The third kappa shape index (κ3) is 2.08. The van der Waals surface area contributed by atoms with E-state index in [0.29, 0.717) is 12.3 Å². The summed E-state index contributed by atoms with van der Waals surface area (Å²) in [5.41, 5.74) is -0.874. The molecule has 1 atom stereocenters. The lowest BCUT2D eigenvalue weighted by Gasteiger charge is -2.30. The zero-order valence-corrected chi connectivity index (χ0v) is 9.55. The fourth-order valence-corrected chi connectivity index (χ4v) is 2.00. The Labute approximate surface area is 98.2 Å². The van der Waals surface area contributed by atoms with Gasteiger partial charge >= 0.3 is 5.97 Å². The molecule has 1 aromatic rings. The van der Waals surface area contributed by atoms with Crippen LogP contribution in [0.5, 0.6) is 0 Å². The van der Waals surface area contributed by atoms with Gasteiger partial charge in [0.05, 0.1) is 18.9 Å². The van der Waals surface area contributed by atoms with Crippen LogP contribution in [0, 0.1) is 5.41 Å². The molecule has 1 aromatic heterocycles. The summed E-state index contributed by atoms with van der Waals surface area (Å²) >= 11 is 0. The molecule has 6 heteroatoms. The van der Waals surface area contributed by atoms with E-state index in [1.165, 1.54) is 0 Å². The zero-order valence-electron chi connectivity index (χ0n) is 9.55. The van der Waals surface area contributed by atoms with E-state index < -0.39 is 11.4 Å². The molecule has 2 rings (SSSR count). The number of aryl methyl sites for hydroxylation is 1. The average Bonchev–Trinajstić information content (AvgIpc) is 2.67. The minimum Gasteiger partial charge on any atom is -0.480 e. The van der Waals surface area contributed by atoms with Crippen LogP contribution < -0.4 is 0 Å². The standard InChI is InChI=1S/C11H14N2O4/c1-13-4-2-8(12-13)6-11(10(15)16)7-17-5-3-9(11)14/h2,4H,3,5-7H2,1H3,(H,15,16). The van der Waals surface area contributed by atoms with Gasteiger partial charge in [0.1, 0.15) is 0 Å². The van der Waals surface area contributed by atoms with Crippen LogP contribution in [-0.2, 0) is 27.8 Å². The number of nitrogens with zero attached hydrogens (tertiary/aromatic N) is 2. The summed E-state index contributed by atoms with van der Waals surface area (Å²) in [6.07, 6.45) is 1.96. The monoisotopic (exact) mass is 238 g/mol. The first-order chi connectivity index (χ1) is 8.04.